The predicted molar refractivity (Wildman–Crippen MR) is 47.8 cm³/mol. The van der Waals surface area contributed by atoms with Crippen LogP contribution in [0.25, 0.3) is 0 Å². The van der Waals surface area contributed by atoms with Gasteiger partial charge in [0, 0.05) is 5.75 Å². The second-order valence-electron chi connectivity index (χ2n) is 2.86. The number of aliphatic carboxylic acids is 1. The van der Waals surface area contributed by atoms with Gasteiger partial charge in [0.2, 0.25) is 5.91 Å². The van der Waals surface area contributed by atoms with Crippen LogP contribution in [0.4, 0.5) is 0 Å². The number of carbonyl (C=O) groups is 3. The lowest BCUT2D eigenvalue weighted by atomic mass is 10.3. The van der Waals surface area contributed by atoms with Gasteiger partial charge in [-0.3, -0.25) is 14.5 Å². The fourth-order valence-corrected chi connectivity index (χ4v) is 1.55. The number of nitrogens with zero attached hydrogens (tertiary/aromatic N) is 1. The first-order chi connectivity index (χ1) is 6.49. The first kappa shape index (κ1) is 11.0. The van der Waals surface area contributed by atoms with Gasteiger partial charge in [0.25, 0.3) is 5.91 Å². The molecule has 1 rings (SSSR count). The summed E-state index contributed by atoms with van der Waals surface area (Å²) < 4.78 is 0. The molecule has 0 aliphatic carbocycles. The van der Waals surface area contributed by atoms with E-state index in [-0.39, 0.29) is 12.2 Å². The van der Waals surface area contributed by atoms with Crippen molar-refractivity contribution in [3.05, 3.63) is 0 Å². The maximum absolute atomic E-state index is 11.2. The van der Waals surface area contributed by atoms with Crippen LogP contribution >= 0.6 is 12.6 Å². The number of carboxylic acid groups (broad SMARTS) is 1. The molecule has 2 amide bonds. The number of amides is 2. The molecule has 2 N–H and O–H groups in total. The topological polar surface area (TPSA) is 94.9 Å². The molecule has 1 saturated heterocycles. The van der Waals surface area contributed by atoms with Gasteiger partial charge in [-0.15, -0.1) is 0 Å². The largest absolute Gasteiger partial charge is 0.480 e. The molecule has 0 bridgehead atoms. The third-order valence-corrected chi connectivity index (χ3v) is 2.27. The second kappa shape index (κ2) is 3.97. The molecule has 14 heavy (non-hydrogen) atoms. The number of likely N-dealkylation sites (tertiary alicyclic amines) is 1. The highest BCUT2D eigenvalue weighted by molar-refractivity contribution is 7.80. The predicted octanol–water partition coefficient (Wildman–Crippen LogP) is -1.51. The van der Waals surface area contributed by atoms with Crippen LogP contribution in [0, 0.1) is 0 Å². The summed E-state index contributed by atoms with van der Waals surface area (Å²) in [5.74, 6) is -3.02. The van der Waals surface area contributed by atoms with Crippen LogP contribution in [0.1, 0.15) is 6.42 Å². The number of hydrogen-bond acceptors (Lipinski definition) is 5. The summed E-state index contributed by atoms with van der Waals surface area (Å²) in [4.78, 5) is 33.5. The lowest BCUT2D eigenvalue weighted by molar-refractivity contribution is -0.154. The first-order valence-corrected chi connectivity index (χ1v) is 4.50. The molecule has 0 aromatic rings. The van der Waals surface area contributed by atoms with E-state index in [1.54, 1.807) is 0 Å². The molecule has 7 heteroatoms. The molecule has 78 valence electrons. The maximum Gasteiger partial charge on any atom is 0.327 e. The van der Waals surface area contributed by atoms with E-state index in [1.165, 1.54) is 0 Å². The molecule has 0 aromatic carbocycles. The van der Waals surface area contributed by atoms with Crippen molar-refractivity contribution in [1.29, 1.82) is 0 Å². The van der Waals surface area contributed by atoms with Crippen molar-refractivity contribution < 1.29 is 24.6 Å². The Labute approximate surface area is 84.9 Å². The summed E-state index contributed by atoms with van der Waals surface area (Å²) in [5, 5.41) is 17.7. The summed E-state index contributed by atoms with van der Waals surface area (Å²) >= 11 is 3.73. The number of carboxylic acids is 1. The normalized spacial score (nSPS) is 24.1. The molecule has 1 aliphatic heterocycles. The number of rotatable bonds is 3. The van der Waals surface area contributed by atoms with Crippen LogP contribution in [-0.4, -0.2) is 50.8 Å². The number of hydrogen-bond donors (Lipinski definition) is 3. The third kappa shape index (κ3) is 1.73. The first-order valence-electron chi connectivity index (χ1n) is 3.86. The van der Waals surface area contributed by atoms with Gasteiger partial charge >= 0.3 is 5.97 Å². The zero-order valence-corrected chi connectivity index (χ0v) is 7.98. The molecule has 1 unspecified atom stereocenters. The zero-order valence-electron chi connectivity index (χ0n) is 7.08. The summed E-state index contributed by atoms with van der Waals surface area (Å²) in [5.41, 5.74) is 0. The van der Waals surface area contributed by atoms with Crippen molar-refractivity contribution >= 4 is 30.4 Å². The van der Waals surface area contributed by atoms with E-state index in [4.69, 9.17) is 10.2 Å². The van der Waals surface area contributed by atoms with E-state index >= 15 is 0 Å². The molecule has 0 aromatic heterocycles. The van der Waals surface area contributed by atoms with Crippen LogP contribution in [0.3, 0.4) is 0 Å². The van der Waals surface area contributed by atoms with Crippen molar-refractivity contribution in [2.75, 3.05) is 5.75 Å². The molecule has 1 aliphatic rings. The van der Waals surface area contributed by atoms with Crippen LogP contribution in [0.15, 0.2) is 0 Å². The van der Waals surface area contributed by atoms with Crippen molar-refractivity contribution in [2.45, 2.75) is 18.6 Å². The minimum atomic E-state index is -1.41. The molecule has 2 atom stereocenters. The van der Waals surface area contributed by atoms with Crippen molar-refractivity contribution in [3.8, 4) is 0 Å². The van der Waals surface area contributed by atoms with Gasteiger partial charge in [-0.25, -0.2) is 4.79 Å². The number of thiol groups is 1. The fourth-order valence-electron chi connectivity index (χ4n) is 1.23. The van der Waals surface area contributed by atoms with E-state index in [0.717, 1.165) is 0 Å². The second-order valence-corrected chi connectivity index (χ2v) is 3.22. The Kier molecular flexibility index (Phi) is 3.12. The Morgan fingerprint density at radius 2 is 2.21 bits per heavy atom. The van der Waals surface area contributed by atoms with E-state index in [2.05, 4.69) is 12.6 Å². The van der Waals surface area contributed by atoms with Gasteiger partial charge < -0.3 is 10.2 Å². The van der Waals surface area contributed by atoms with Gasteiger partial charge in [0.1, 0.15) is 12.1 Å². The standard InChI is InChI=1S/C7H9NO5S/c9-4-1-5(10)8(6(4)11)3(2-14)7(12)13/h3-4,9,14H,1-2H2,(H,12,13)/t3-,4?/m0/s1. The summed E-state index contributed by atoms with van der Waals surface area (Å²) in [6, 6.07) is -1.30. The van der Waals surface area contributed by atoms with Gasteiger partial charge in [-0.2, -0.15) is 12.6 Å². The monoisotopic (exact) mass is 219 g/mol. The summed E-state index contributed by atoms with van der Waals surface area (Å²) in [6.45, 7) is 0. The quantitative estimate of drug-likeness (QED) is 0.396. The average Bonchev–Trinajstić information content (AvgIpc) is 2.32. The average molecular weight is 219 g/mol. The van der Waals surface area contributed by atoms with E-state index < -0.39 is 29.9 Å². The Bertz CT molecular complexity index is 292. The maximum atomic E-state index is 11.2. The Balaban J connectivity index is 2.90. The van der Waals surface area contributed by atoms with Gasteiger partial charge in [0.15, 0.2) is 0 Å². The van der Waals surface area contributed by atoms with Crippen LogP contribution in [0.5, 0.6) is 0 Å². The molecule has 6 nitrogen and oxygen atoms in total. The van der Waals surface area contributed by atoms with Crippen molar-refractivity contribution in [2.24, 2.45) is 0 Å². The molecular formula is C7H9NO5S. The number of carbonyl (C=O) groups excluding carboxylic acids is 2. The SMILES string of the molecule is O=C(O)[C@H](CS)N1C(=O)CC(O)C1=O. The highest BCUT2D eigenvalue weighted by atomic mass is 32.1. The minimum Gasteiger partial charge on any atom is -0.480 e. The highest BCUT2D eigenvalue weighted by Gasteiger charge is 2.43. The van der Waals surface area contributed by atoms with Crippen molar-refractivity contribution in [3.63, 3.8) is 0 Å². The Morgan fingerprint density at radius 1 is 1.64 bits per heavy atom. The Morgan fingerprint density at radius 3 is 2.50 bits per heavy atom. The zero-order chi connectivity index (χ0) is 10.9. The summed E-state index contributed by atoms with van der Waals surface area (Å²) in [6.07, 6.45) is -1.76. The van der Waals surface area contributed by atoms with E-state index in [1.807, 2.05) is 0 Å². The van der Waals surface area contributed by atoms with Gasteiger partial charge in [-0.1, -0.05) is 0 Å². The number of aliphatic hydroxyl groups is 1. The third-order valence-electron chi connectivity index (χ3n) is 1.93. The molecule has 1 fully saturated rings. The van der Waals surface area contributed by atoms with Gasteiger partial charge in [-0.05, 0) is 0 Å². The van der Waals surface area contributed by atoms with E-state index in [9.17, 15) is 14.4 Å². The fraction of sp³-hybridized carbons (Fsp3) is 0.571. The molecular weight excluding hydrogens is 210 g/mol. The van der Waals surface area contributed by atoms with Gasteiger partial charge in [0.05, 0.1) is 6.42 Å². The molecule has 0 saturated carbocycles. The summed E-state index contributed by atoms with van der Waals surface area (Å²) in [7, 11) is 0. The molecule has 0 spiro atoms. The Hall–Kier alpha value is -1.08. The highest BCUT2D eigenvalue weighted by Crippen LogP contribution is 2.17. The van der Waals surface area contributed by atoms with Crippen LogP contribution in [0.2, 0.25) is 0 Å². The lowest BCUT2D eigenvalue weighted by Crippen LogP contribution is -2.46. The minimum absolute atomic E-state index is 0.167. The van der Waals surface area contributed by atoms with Crippen molar-refractivity contribution in [1.82, 2.24) is 4.90 Å². The lowest BCUT2D eigenvalue weighted by Gasteiger charge is -2.20. The number of imide groups is 1. The van der Waals surface area contributed by atoms with Crippen LogP contribution < -0.4 is 0 Å². The smallest absolute Gasteiger partial charge is 0.327 e. The van der Waals surface area contributed by atoms with Crippen LogP contribution in [-0.2, 0) is 14.4 Å². The number of aliphatic hydroxyl groups excluding tert-OH is 1. The van der Waals surface area contributed by atoms with E-state index in [0.29, 0.717) is 4.90 Å². The molecule has 1 heterocycles. The molecule has 0 radical (unpaired) electrons.